The van der Waals surface area contributed by atoms with E-state index in [4.69, 9.17) is 9.47 Å². The quantitative estimate of drug-likeness (QED) is 0.446. The number of anilines is 2. The second kappa shape index (κ2) is 8.38. The van der Waals surface area contributed by atoms with Gasteiger partial charge in [0.1, 0.15) is 12.3 Å². The average Bonchev–Trinajstić information content (AvgIpc) is 2.70. The number of carbonyl (C=O) groups is 3. The van der Waals surface area contributed by atoms with Gasteiger partial charge in [0.25, 0.3) is 17.5 Å². The standard InChI is InChI=1S/C19H17N3O7/c1-12-4-2-3-5-14(12)20-17(23)10-29-19(25)9-21-15-8-13(22(26)27)6-7-16(15)28-11-18(21)24/h2-8H,9-11H2,1H3,(H,20,23). The molecule has 0 aliphatic carbocycles. The van der Waals surface area contributed by atoms with Crippen molar-refractivity contribution in [2.24, 2.45) is 0 Å². The summed E-state index contributed by atoms with van der Waals surface area (Å²) in [5, 5.41) is 13.6. The summed E-state index contributed by atoms with van der Waals surface area (Å²) < 4.78 is 10.2. The zero-order valence-electron chi connectivity index (χ0n) is 15.4. The fourth-order valence-corrected chi connectivity index (χ4v) is 2.70. The van der Waals surface area contributed by atoms with E-state index in [0.29, 0.717) is 5.69 Å². The van der Waals surface area contributed by atoms with Gasteiger partial charge in [0.2, 0.25) is 0 Å². The number of non-ortho nitro benzene ring substituents is 1. The first-order chi connectivity index (χ1) is 13.8. The summed E-state index contributed by atoms with van der Waals surface area (Å²) in [6.07, 6.45) is 0. The third-order valence-electron chi connectivity index (χ3n) is 4.17. The van der Waals surface area contributed by atoms with E-state index in [2.05, 4.69) is 5.32 Å². The van der Waals surface area contributed by atoms with E-state index >= 15 is 0 Å². The minimum atomic E-state index is -0.836. The molecule has 3 rings (SSSR count). The lowest BCUT2D eigenvalue weighted by atomic mass is 10.2. The Bertz CT molecular complexity index is 990. The zero-order chi connectivity index (χ0) is 21.0. The molecule has 29 heavy (non-hydrogen) atoms. The minimum absolute atomic E-state index is 0.0942. The minimum Gasteiger partial charge on any atom is -0.482 e. The van der Waals surface area contributed by atoms with E-state index in [1.807, 2.05) is 19.1 Å². The molecule has 0 saturated heterocycles. The van der Waals surface area contributed by atoms with Crippen LogP contribution in [-0.4, -0.2) is 42.5 Å². The van der Waals surface area contributed by atoms with Gasteiger partial charge in [0.05, 0.1) is 10.6 Å². The van der Waals surface area contributed by atoms with E-state index in [1.54, 1.807) is 12.1 Å². The van der Waals surface area contributed by atoms with Gasteiger partial charge in [-0.3, -0.25) is 29.4 Å². The van der Waals surface area contributed by atoms with Crippen LogP contribution in [0.3, 0.4) is 0 Å². The van der Waals surface area contributed by atoms with E-state index in [9.17, 15) is 24.5 Å². The maximum absolute atomic E-state index is 12.1. The van der Waals surface area contributed by atoms with Crippen LogP contribution in [0.1, 0.15) is 5.56 Å². The monoisotopic (exact) mass is 399 g/mol. The van der Waals surface area contributed by atoms with E-state index < -0.39 is 35.9 Å². The summed E-state index contributed by atoms with van der Waals surface area (Å²) >= 11 is 0. The van der Waals surface area contributed by atoms with E-state index in [0.717, 1.165) is 16.5 Å². The van der Waals surface area contributed by atoms with E-state index in [1.165, 1.54) is 12.1 Å². The second-order valence-corrected chi connectivity index (χ2v) is 6.20. The van der Waals surface area contributed by atoms with Crippen molar-refractivity contribution in [3.8, 4) is 5.75 Å². The van der Waals surface area contributed by atoms with Crippen molar-refractivity contribution in [2.45, 2.75) is 6.92 Å². The summed E-state index contributed by atoms with van der Waals surface area (Å²) in [4.78, 5) is 47.6. The fourth-order valence-electron chi connectivity index (χ4n) is 2.70. The Balaban J connectivity index is 1.62. The Morgan fingerprint density at radius 1 is 1.28 bits per heavy atom. The molecule has 1 heterocycles. The molecule has 0 radical (unpaired) electrons. The van der Waals surface area contributed by atoms with Crippen molar-refractivity contribution in [2.75, 3.05) is 30.0 Å². The first kappa shape index (κ1) is 19.8. The van der Waals surface area contributed by atoms with Crippen LogP contribution >= 0.6 is 0 Å². The predicted octanol–water partition coefficient (Wildman–Crippen LogP) is 1.81. The molecule has 1 aliphatic heterocycles. The molecule has 10 heteroatoms. The number of fused-ring (bicyclic) bond motifs is 1. The smallest absolute Gasteiger partial charge is 0.326 e. The Labute approximate surface area is 165 Å². The molecule has 0 fully saturated rings. The lowest BCUT2D eigenvalue weighted by Gasteiger charge is -2.28. The number of para-hydroxylation sites is 1. The number of nitrogens with zero attached hydrogens (tertiary/aromatic N) is 2. The first-order valence-corrected chi connectivity index (χ1v) is 8.58. The van der Waals surface area contributed by atoms with Gasteiger partial charge in [-0.2, -0.15) is 0 Å². The third kappa shape index (κ3) is 4.67. The van der Waals surface area contributed by atoms with Gasteiger partial charge in [-0.15, -0.1) is 0 Å². The maximum Gasteiger partial charge on any atom is 0.326 e. The molecular weight excluding hydrogens is 382 g/mol. The molecule has 0 unspecified atom stereocenters. The van der Waals surface area contributed by atoms with Gasteiger partial charge in [0.15, 0.2) is 13.2 Å². The Morgan fingerprint density at radius 3 is 2.76 bits per heavy atom. The molecule has 2 aromatic rings. The van der Waals surface area contributed by atoms with Crippen molar-refractivity contribution < 1.29 is 28.8 Å². The highest BCUT2D eigenvalue weighted by molar-refractivity contribution is 6.02. The lowest BCUT2D eigenvalue weighted by molar-refractivity contribution is -0.384. The van der Waals surface area contributed by atoms with Gasteiger partial charge < -0.3 is 14.8 Å². The van der Waals surface area contributed by atoms with E-state index in [-0.39, 0.29) is 23.7 Å². The molecule has 0 atom stereocenters. The van der Waals surface area contributed by atoms with Gasteiger partial charge in [0, 0.05) is 17.8 Å². The molecule has 1 aliphatic rings. The highest BCUT2D eigenvalue weighted by Crippen LogP contribution is 2.35. The number of benzene rings is 2. The van der Waals surface area contributed by atoms with Crippen molar-refractivity contribution in [1.29, 1.82) is 0 Å². The molecular formula is C19H17N3O7. The number of esters is 1. The number of nitro groups is 1. The van der Waals surface area contributed by atoms with Gasteiger partial charge in [-0.1, -0.05) is 18.2 Å². The van der Waals surface area contributed by atoms with Crippen molar-refractivity contribution in [3.63, 3.8) is 0 Å². The van der Waals surface area contributed by atoms with Crippen LogP contribution in [0.5, 0.6) is 5.75 Å². The number of nitro benzene ring substituents is 1. The molecule has 0 spiro atoms. The predicted molar refractivity (Wildman–Crippen MR) is 102 cm³/mol. The number of carbonyl (C=O) groups excluding carboxylic acids is 3. The number of rotatable bonds is 6. The molecule has 0 aromatic heterocycles. The van der Waals surface area contributed by atoms with Crippen LogP contribution in [0.4, 0.5) is 17.1 Å². The highest BCUT2D eigenvalue weighted by atomic mass is 16.6. The third-order valence-corrected chi connectivity index (χ3v) is 4.17. The zero-order valence-corrected chi connectivity index (χ0v) is 15.4. The fraction of sp³-hybridized carbons (Fsp3) is 0.211. The number of amides is 2. The number of hydrogen-bond acceptors (Lipinski definition) is 7. The van der Waals surface area contributed by atoms with Gasteiger partial charge in [-0.05, 0) is 24.6 Å². The first-order valence-electron chi connectivity index (χ1n) is 8.58. The van der Waals surface area contributed by atoms with Crippen LogP contribution in [-0.2, 0) is 19.1 Å². The highest BCUT2D eigenvalue weighted by Gasteiger charge is 2.29. The van der Waals surface area contributed by atoms with Crippen LogP contribution in [0, 0.1) is 17.0 Å². The van der Waals surface area contributed by atoms with Crippen LogP contribution in [0.2, 0.25) is 0 Å². The molecule has 150 valence electrons. The average molecular weight is 399 g/mol. The molecule has 0 bridgehead atoms. The van der Waals surface area contributed by atoms with Crippen LogP contribution in [0.25, 0.3) is 0 Å². The normalized spacial score (nSPS) is 12.6. The SMILES string of the molecule is Cc1ccccc1NC(=O)COC(=O)CN1C(=O)COc2ccc([N+](=O)[O-])cc21. The molecule has 2 aromatic carbocycles. The van der Waals surface area contributed by atoms with Crippen LogP contribution < -0.4 is 15.0 Å². The number of nitrogens with one attached hydrogen (secondary N) is 1. The number of ether oxygens (including phenoxy) is 2. The summed E-state index contributed by atoms with van der Waals surface area (Å²) in [6, 6.07) is 10.9. The molecule has 1 N–H and O–H groups in total. The maximum atomic E-state index is 12.1. The Kier molecular flexibility index (Phi) is 5.72. The summed E-state index contributed by atoms with van der Waals surface area (Å²) in [5.41, 5.74) is 1.29. The molecule has 0 saturated carbocycles. The van der Waals surface area contributed by atoms with Gasteiger partial charge in [-0.25, -0.2) is 0 Å². The second-order valence-electron chi connectivity index (χ2n) is 6.20. The summed E-state index contributed by atoms with van der Waals surface area (Å²) in [5.74, 6) is -1.69. The van der Waals surface area contributed by atoms with Crippen molar-refractivity contribution in [1.82, 2.24) is 0 Å². The summed E-state index contributed by atoms with van der Waals surface area (Å²) in [7, 11) is 0. The topological polar surface area (TPSA) is 128 Å². The summed E-state index contributed by atoms with van der Waals surface area (Å²) in [6.45, 7) is 0.468. The number of aryl methyl sites for hydroxylation is 1. The Morgan fingerprint density at radius 2 is 2.03 bits per heavy atom. The van der Waals surface area contributed by atoms with Crippen molar-refractivity contribution >= 4 is 34.8 Å². The van der Waals surface area contributed by atoms with Crippen molar-refractivity contribution in [3.05, 3.63) is 58.1 Å². The van der Waals surface area contributed by atoms with Crippen LogP contribution in [0.15, 0.2) is 42.5 Å². The number of hydrogen-bond donors (Lipinski definition) is 1. The Hall–Kier alpha value is -3.95. The largest absolute Gasteiger partial charge is 0.482 e. The molecule has 10 nitrogen and oxygen atoms in total. The molecule has 2 amide bonds. The lowest BCUT2D eigenvalue weighted by Crippen LogP contribution is -2.42. The van der Waals surface area contributed by atoms with Gasteiger partial charge >= 0.3 is 5.97 Å².